The minimum Gasteiger partial charge on any atom is -0.380 e. The van der Waals surface area contributed by atoms with Crippen molar-refractivity contribution in [2.24, 2.45) is 0 Å². The molecule has 0 saturated carbocycles. The summed E-state index contributed by atoms with van der Waals surface area (Å²) in [6.45, 7) is 4.74. The molecule has 1 aromatic carbocycles. The molecule has 0 fully saturated rings. The van der Waals surface area contributed by atoms with Gasteiger partial charge in [0.05, 0.1) is 17.7 Å². The predicted octanol–water partition coefficient (Wildman–Crippen LogP) is 3.74. The van der Waals surface area contributed by atoms with Crippen molar-refractivity contribution in [1.29, 1.82) is 0 Å². The van der Waals surface area contributed by atoms with Crippen molar-refractivity contribution in [3.05, 3.63) is 40.6 Å². The maximum atomic E-state index is 14.0. The summed E-state index contributed by atoms with van der Waals surface area (Å²) in [5.74, 6) is -0.203. The molecule has 0 aliphatic heterocycles. The first-order chi connectivity index (χ1) is 9.08. The van der Waals surface area contributed by atoms with Crippen LogP contribution in [0.3, 0.4) is 0 Å². The van der Waals surface area contributed by atoms with Crippen LogP contribution in [0.4, 0.5) is 15.8 Å². The molecule has 5 heteroatoms. The SMILES string of the molecule is CC(C)N(C)c1ccc(NCc2cncs2)cc1F. The molecular weight excluding hydrogens is 261 g/mol. The van der Waals surface area contributed by atoms with Gasteiger partial charge < -0.3 is 10.2 Å². The second kappa shape index (κ2) is 6.02. The minimum atomic E-state index is -0.203. The van der Waals surface area contributed by atoms with Crippen LogP contribution in [0.2, 0.25) is 0 Å². The van der Waals surface area contributed by atoms with Gasteiger partial charge >= 0.3 is 0 Å². The van der Waals surface area contributed by atoms with Crippen LogP contribution in [0.15, 0.2) is 29.9 Å². The second-order valence-corrected chi connectivity index (χ2v) is 5.66. The zero-order valence-electron chi connectivity index (χ0n) is 11.4. The molecule has 0 aliphatic rings. The van der Waals surface area contributed by atoms with Gasteiger partial charge in [-0.2, -0.15) is 0 Å². The molecule has 2 aromatic rings. The van der Waals surface area contributed by atoms with Crippen LogP contribution in [0.1, 0.15) is 18.7 Å². The van der Waals surface area contributed by atoms with Crippen LogP contribution in [0, 0.1) is 5.82 Å². The van der Waals surface area contributed by atoms with E-state index in [0.29, 0.717) is 12.2 Å². The van der Waals surface area contributed by atoms with Gasteiger partial charge in [-0.05, 0) is 32.0 Å². The van der Waals surface area contributed by atoms with Crippen molar-refractivity contribution in [3.63, 3.8) is 0 Å². The summed E-state index contributed by atoms with van der Waals surface area (Å²) in [7, 11) is 1.90. The Bertz CT molecular complexity index is 525. The molecule has 0 unspecified atom stereocenters. The predicted molar refractivity (Wildman–Crippen MR) is 79.4 cm³/mol. The highest BCUT2D eigenvalue weighted by Gasteiger charge is 2.10. The number of benzene rings is 1. The van der Waals surface area contributed by atoms with Crippen molar-refractivity contribution in [1.82, 2.24) is 4.98 Å². The first kappa shape index (κ1) is 13.8. The maximum absolute atomic E-state index is 14.0. The van der Waals surface area contributed by atoms with Gasteiger partial charge in [0.2, 0.25) is 0 Å². The average Bonchev–Trinajstić information content (AvgIpc) is 2.88. The highest BCUT2D eigenvalue weighted by Crippen LogP contribution is 2.23. The summed E-state index contributed by atoms with van der Waals surface area (Å²) in [6, 6.07) is 5.52. The average molecular weight is 279 g/mol. The van der Waals surface area contributed by atoms with Gasteiger partial charge in [-0.25, -0.2) is 4.39 Å². The number of nitrogens with zero attached hydrogens (tertiary/aromatic N) is 2. The maximum Gasteiger partial charge on any atom is 0.148 e. The van der Waals surface area contributed by atoms with E-state index in [0.717, 1.165) is 10.6 Å². The van der Waals surface area contributed by atoms with E-state index in [-0.39, 0.29) is 11.9 Å². The van der Waals surface area contributed by atoms with E-state index in [1.807, 2.05) is 44.1 Å². The van der Waals surface area contributed by atoms with E-state index < -0.39 is 0 Å². The number of halogens is 1. The summed E-state index contributed by atoms with van der Waals surface area (Å²) < 4.78 is 14.0. The quantitative estimate of drug-likeness (QED) is 0.903. The summed E-state index contributed by atoms with van der Waals surface area (Å²) in [6.07, 6.45) is 1.81. The molecule has 1 N–H and O–H groups in total. The van der Waals surface area contributed by atoms with Crippen molar-refractivity contribution >= 4 is 22.7 Å². The molecular formula is C14H18FN3S. The molecule has 1 aromatic heterocycles. The molecule has 102 valence electrons. The molecule has 0 atom stereocenters. The van der Waals surface area contributed by atoms with E-state index in [2.05, 4.69) is 10.3 Å². The lowest BCUT2D eigenvalue weighted by Crippen LogP contribution is -2.26. The Morgan fingerprint density at radius 3 is 2.79 bits per heavy atom. The Kier molecular flexibility index (Phi) is 4.37. The molecule has 0 amide bonds. The van der Waals surface area contributed by atoms with Crippen LogP contribution in [-0.2, 0) is 6.54 Å². The molecule has 0 spiro atoms. The first-order valence-corrected chi connectivity index (χ1v) is 7.09. The molecule has 1 heterocycles. The zero-order chi connectivity index (χ0) is 13.8. The number of thiazole rings is 1. The number of anilines is 2. The van der Waals surface area contributed by atoms with E-state index in [9.17, 15) is 4.39 Å². The molecule has 3 nitrogen and oxygen atoms in total. The fraction of sp³-hybridized carbons (Fsp3) is 0.357. The lowest BCUT2D eigenvalue weighted by atomic mass is 10.2. The Labute approximate surface area is 117 Å². The van der Waals surface area contributed by atoms with Crippen molar-refractivity contribution in [2.75, 3.05) is 17.3 Å². The fourth-order valence-corrected chi connectivity index (χ4v) is 2.23. The van der Waals surface area contributed by atoms with Gasteiger partial charge in [-0.3, -0.25) is 4.98 Å². The topological polar surface area (TPSA) is 28.2 Å². The zero-order valence-corrected chi connectivity index (χ0v) is 12.2. The Hall–Kier alpha value is -1.62. The van der Waals surface area contributed by atoms with Gasteiger partial charge in [0.15, 0.2) is 0 Å². The lowest BCUT2D eigenvalue weighted by Gasteiger charge is -2.24. The Balaban J connectivity index is 2.06. The van der Waals surface area contributed by atoms with Crippen LogP contribution in [0.25, 0.3) is 0 Å². The monoisotopic (exact) mass is 279 g/mol. The summed E-state index contributed by atoms with van der Waals surface area (Å²) in [5.41, 5.74) is 3.20. The number of rotatable bonds is 5. The van der Waals surface area contributed by atoms with Gasteiger partial charge in [0.1, 0.15) is 5.82 Å². The second-order valence-electron chi connectivity index (χ2n) is 4.69. The summed E-state index contributed by atoms with van der Waals surface area (Å²) in [4.78, 5) is 7.05. The minimum absolute atomic E-state index is 0.203. The normalized spacial score (nSPS) is 10.8. The number of hydrogen-bond donors (Lipinski definition) is 1. The van der Waals surface area contributed by atoms with Crippen molar-refractivity contribution in [3.8, 4) is 0 Å². The smallest absolute Gasteiger partial charge is 0.148 e. The Morgan fingerprint density at radius 2 is 2.21 bits per heavy atom. The van der Waals surface area contributed by atoms with Crippen molar-refractivity contribution < 1.29 is 4.39 Å². The Morgan fingerprint density at radius 1 is 1.42 bits per heavy atom. The number of nitrogens with one attached hydrogen (secondary N) is 1. The van der Waals surface area contributed by atoms with Crippen LogP contribution < -0.4 is 10.2 Å². The van der Waals surface area contributed by atoms with Crippen molar-refractivity contribution in [2.45, 2.75) is 26.4 Å². The van der Waals surface area contributed by atoms with E-state index in [4.69, 9.17) is 0 Å². The summed E-state index contributed by atoms with van der Waals surface area (Å²) in [5, 5.41) is 3.20. The van der Waals surface area contributed by atoms with E-state index >= 15 is 0 Å². The summed E-state index contributed by atoms with van der Waals surface area (Å²) >= 11 is 1.58. The molecule has 0 aliphatic carbocycles. The molecule has 19 heavy (non-hydrogen) atoms. The van der Waals surface area contributed by atoms with Crippen LogP contribution in [-0.4, -0.2) is 18.1 Å². The highest BCUT2D eigenvalue weighted by atomic mass is 32.1. The van der Waals surface area contributed by atoms with Gasteiger partial charge in [0, 0.05) is 29.9 Å². The third-order valence-corrected chi connectivity index (χ3v) is 3.83. The van der Waals surface area contributed by atoms with Crippen LogP contribution >= 0.6 is 11.3 Å². The number of aromatic nitrogens is 1. The third-order valence-electron chi connectivity index (χ3n) is 3.05. The van der Waals surface area contributed by atoms with Gasteiger partial charge in [0.25, 0.3) is 0 Å². The third kappa shape index (κ3) is 3.44. The standard InChI is InChI=1S/C14H18FN3S/c1-10(2)18(3)14-5-4-11(6-13(14)15)17-8-12-7-16-9-19-12/h4-7,9-10,17H,8H2,1-3H3. The largest absolute Gasteiger partial charge is 0.380 e. The van der Waals surface area contributed by atoms with E-state index in [1.54, 1.807) is 16.8 Å². The fourth-order valence-electron chi connectivity index (χ4n) is 1.70. The molecule has 0 radical (unpaired) electrons. The highest BCUT2D eigenvalue weighted by molar-refractivity contribution is 7.09. The molecule has 0 saturated heterocycles. The number of hydrogen-bond acceptors (Lipinski definition) is 4. The van der Waals surface area contributed by atoms with Crippen LogP contribution in [0.5, 0.6) is 0 Å². The van der Waals surface area contributed by atoms with Gasteiger partial charge in [-0.15, -0.1) is 11.3 Å². The molecule has 2 rings (SSSR count). The molecule has 0 bridgehead atoms. The van der Waals surface area contributed by atoms with E-state index in [1.165, 1.54) is 6.07 Å². The van der Waals surface area contributed by atoms with Gasteiger partial charge in [-0.1, -0.05) is 0 Å². The first-order valence-electron chi connectivity index (χ1n) is 6.21. The lowest BCUT2D eigenvalue weighted by molar-refractivity contribution is 0.614.